The molecule has 0 radical (unpaired) electrons. The van der Waals surface area contributed by atoms with Crippen molar-refractivity contribution in [2.75, 3.05) is 14.2 Å². The van der Waals surface area contributed by atoms with E-state index in [1.165, 1.54) is 14.0 Å². The Kier molecular flexibility index (Phi) is 10.1. The molecule has 0 aromatic rings. The molecule has 4 heteroatoms. The lowest BCUT2D eigenvalue weighted by Crippen LogP contribution is -1.95. The highest BCUT2D eigenvalue weighted by Gasteiger charge is 1.92. The van der Waals surface area contributed by atoms with E-state index >= 15 is 0 Å². The van der Waals surface area contributed by atoms with Crippen LogP contribution in [0.1, 0.15) is 6.92 Å². The third kappa shape index (κ3) is 8.84. The van der Waals surface area contributed by atoms with Crippen molar-refractivity contribution in [3.8, 4) is 0 Å². The second-order valence-electron chi connectivity index (χ2n) is 1.53. The molecule has 0 aromatic heterocycles. The third-order valence-electron chi connectivity index (χ3n) is 0.733. The fraction of sp³-hybridized carbons (Fsp3) is 0.429. The van der Waals surface area contributed by atoms with E-state index in [0.717, 1.165) is 13.2 Å². The van der Waals surface area contributed by atoms with Gasteiger partial charge in [0.2, 0.25) is 0 Å². The summed E-state index contributed by atoms with van der Waals surface area (Å²) in [7, 11) is 2.26. The van der Waals surface area contributed by atoms with Gasteiger partial charge in [0.1, 0.15) is 6.29 Å². The number of hydrogen-bond acceptors (Lipinski definition) is 4. The van der Waals surface area contributed by atoms with Crippen LogP contribution in [0.3, 0.4) is 0 Å². The van der Waals surface area contributed by atoms with Crippen LogP contribution >= 0.6 is 0 Å². The second-order valence-corrected chi connectivity index (χ2v) is 1.53. The molecule has 4 nitrogen and oxygen atoms in total. The van der Waals surface area contributed by atoms with Crippen molar-refractivity contribution in [2.24, 2.45) is 0 Å². The normalized spacial score (nSPS) is 9.27. The molecule has 1 N–H and O–H groups in total. The molecule has 0 amide bonds. The van der Waals surface area contributed by atoms with Gasteiger partial charge in [0.25, 0.3) is 0 Å². The summed E-state index contributed by atoms with van der Waals surface area (Å²) in [6.07, 6.45) is 1.73. The van der Waals surface area contributed by atoms with Crippen molar-refractivity contribution in [1.29, 1.82) is 0 Å². The average molecular weight is 160 g/mol. The fourth-order valence-electron chi connectivity index (χ4n) is 0.279. The van der Waals surface area contributed by atoms with Gasteiger partial charge >= 0.3 is 5.97 Å². The van der Waals surface area contributed by atoms with Gasteiger partial charge in [-0.3, -0.25) is 4.79 Å². The number of aliphatic hydroxyl groups is 1. The molecule has 0 aromatic carbocycles. The minimum absolute atomic E-state index is 0.363. The van der Waals surface area contributed by atoms with Crippen LogP contribution < -0.4 is 0 Å². The van der Waals surface area contributed by atoms with Crippen molar-refractivity contribution in [3.63, 3.8) is 0 Å². The molecule has 0 fully saturated rings. The Morgan fingerprint density at radius 1 is 1.45 bits per heavy atom. The third-order valence-corrected chi connectivity index (χ3v) is 0.733. The highest BCUT2D eigenvalue weighted by atomic mass is 16.5. The molecule has 0 rings (SSSR count). The lowest BCUT2D eigenvalue weighted by Gasteiger charge is -1.88. The standard InChI is InChI=1S/C6H8O3.CH4O/c1-5(4-7)3-6(8)9-2;1-2/h3-4H,1-2H3;2H,1H3/b5-3-;. The van der Waals surface area contributed by atoms with Gasteiger partial charge in [0.05, 0.1) is 7.11 Å². The van der Waals surface area contributed by atoms with Crippen molar-refractivity contribution in [3.05, 3.63) is 11.6 Å². The molecule has 0 bridgehead atoms. The summed E-state index contributed by atoms with van der Waals surface area (Å²) in [5.41, 5.74) is 0.363. The highest BCUT2D eigenvalue weighted by molar-refractivity contribution is 5.89. The van der Waals surface area contributed by atoms with Crippen LogP contribution in [0.2, 0.25) is 0 Å². The summed E-state index contributed by atoms with van der Waals surface area (Å²) in [5.74, 6) is -0.500. The van der Waals surface area contributed by atoms with Crippen LogP contribution in [0.4, 0.5) is 0 Å². The van der Waals surface area contributed by atoms with E-state index in [2.05, 4.69) is 4.74 Å². The number of hydrogen-bond donors (Lipinski definition) is 1. The molecular weight excluding hydrogens is 148 g/mol. The Balaban J connectivity index is 0. The number of carbonyl (C=O) groups is 2. The molecular formula is C7H12O4. The number of rotatable bonds is 2. The Hall–Kier alpha value is -1.16. The number of allylic oxidation sites excluding steroid dienone is 1. The lowest BCUT2D eigenvalue weighted by atomic mass is 10.3. The molecule has 0 atom stereocenters. The monoisotopic (exact) mass is 160 g/mol. The zero-order valence-electron chi connectivity index (χ0n) is 6.83. The molecule has 0 heterocycles. The maximum atomic E-state index is 10.3. The van der Waals surface area contributed by atoms with Gasteiger partial charge in [0.15, 0.2) is 0 Å². The summed E-state index contributed by atoms with van der Waals surface area (Å²) in [6.45, 7) is 1.53. The highest BCUT2D eigenvalue weighted by Crippen LogP contribution is 1.86. The predicted octanol–water partition coefficient (Wildman–Crippen LogP) is -0.0869. The molecule has 0 saturated carbocycles. The number of methoxy groups -OCH3 is 1. The minimum atomic E-state index is -0.500. The van der Waals surface area contributed by atoms with Gasteiger partial charge in [-0.25, -0.2) is 4.79 Å². The number of aliphatic hydroxyl groups excluding tert-OH is 1. The van der Waals surface area contributed by atoms with E-state index < -0.39 is 5.97 Å². The SMILES string of the molecule is CO.COC(=O)/C=C(/C)C=O. The quantitative estimate of drug-likeness (QED) is 0.348. The van der Waals surface area contributed by atoms with Gasteiger partial charge in [-0.2, -0.15) is 0 Å². The van der Waals surface area contributed by atoms with Gasteiger partial charge in [0, 0.05) is 13.2 Å². The van der Waals surface area contributed by atoms with Gasteiger partial charge in [-0.05, 0) is 12.5 Å². The van der Waals surface area contributed by atoms with Crippen LogP contribution in [0.25, 0.3) is 0 Å². The minimum Gasteiger partial charge on any atom is -0.466 e. The summed E-state index contributed by atoms with van der Waals surface area (Å²) in [4.78, 5) is 20.2. The number of carbonyl (C=O) groups excluding carboxylic acids is 2. The maximum Gasteiger partial charge on any atom is 0.330 e. The van der Waals surface area contributed by atoms with Crippen LogP contribution in [0.15, 0.2) is 11.6 Å². The zero-order chi connectivity index (χ0) is 9.28. The molecule has 64 valence electrons. The van der Waals surface area contributed by atoms with E-state index in [1.54, 1.807) is 0 Å². The van der Waals surface area contributed by atoms with Crippen LogP contribution in [-0.2, 0) is 14.3 Å². The van der Waals surface area contributed by atoms with Crippen molar-refractivity contribution < 1.29 is 19.4 Å². The zero-order valence-corrected chi connectivity index (χ0v) is 6.83. The Morgan fingerprint density at radius 3 is 2.18 bits per heavy atom. The van der Waals surface area contributed by atoms with Crippen LogP contribution in [0, 0.1) is 0 Å². The first kappa shape index (κ1) is 12.5. The summed E-state index contributed by atoms with van der Waals surface area (Å²) in [6, 6.07) is 0. The second kappa shape index (κ2) is 8.84. The van der Waals surface area contributed by atoms with E-state index in [0.29, 0.717) is 11.9 Å². The first-order valence-corrected chi connectivity index (χ1v) is 2.87. The fourth-order valence-corrected chi connectivity index (χ4v) is 0.279. The molecule has 11 heavy (non-hydrogen) atoms. The number of esters is 1. The number of ether oxygens (including phenoxy) is 1. The average Bonchev–Trinajstić information content (AvgIpc) is 2.07. The molecule has 0 saturated heterocycles. The maximum absolute atomic E-state index is 10.3. The molecule has 0 spiro atoms. The van der Waals surface area contributed by atoms with E-state index in [-0.39, 0.29) is 0 Å². The first-order chi connectivity index (χ1) is 5.20. The predicted molar refractivity (Wildman–Crippen MR) is 40.0 cm³/mol. The lowest BCUT2D eigenvalue weighted by molar-refractivity contribution is -0.135. The Bertz CT molecular complexity index is 149. The Labute approximate surface area is 65.5 Å². The van der Waals surface area contributed by atoms with Gasteiger partial charge < -0.3 is 9.84 Å². The molecule has 0 unspecified atom stereocenters. The van der Waals surface area contributed by atoms with Crippen LogP contribution in [0.5, 0.6) is 0 Å². The largest absolute Gasteiger partial charge is 0.466 e. The van der Waals surface area contributed by atoms with Crippen molar-refractivity contribution in [2.45, 2.75) is 6.92 Å². The summed E-state index contributed by atoms with van der Waals surface area (Å²) < 4.78 is 4.25. The molecule has 0 aliphatic heterocycles. The van der Waals surface area contributed by atoms with E-state index in [4.69, 9.17) is 5.11 Å². The summed E-state index contributed by atoms with van der Waals surface area (Å²) in [5, 5.41) is 7.00. The molecule has 0 aliphatic carbocycles. The van der Waals surface area contributed by atoms with E-state index in [1.807, 2.05) is 0 Å². The summed E-state index contributed by atoms with van der Waals surface area (Å²) >= 11 is 0. The van der Waals surface area contributed by atoms with E-state index in [9.17, 15) is 9.59 Å². The van der Waals surface area contributed by atoms with Gasteiger partial charge in [-0.1, -0.05) is 0 Å². The topological polar surface area (TPSA) is 63.6 Å². The smallest absolute Gasteiger partial charge is 0.330 e. The van der Waals surface area contributed by atoms with Crippen molar-refractivity contribution >= 4 is 12.3 Å². The Morgan fingerprint density at radius 2 is 1.91 bits per heavy atom. The van der Waals surface area contributed by atoms with Gasteiger partial charge in [-0.15, -0.1) is 0 Å². The van der Waals surface area contributed by atoms with Crippen LogP contribution in [-0.4, -0.2) is 31.6 Å². The first-order valence-electron chi connectivity index (χ1n) is 2.87. The molecule has 0 aliphatic rings. The number of aldehydes is 1. The van der Waals surface area contributed by atoms with Crippen molar-refractivity contribution in [1.82, 2.24) is 0 Å².